The fourth-order valence-corrected chi connectivity index (χ4v) is 3.01. The summed E-state index contributed by atoms with van der Waals surface area (Å²) in [6.45, 7) is 0. The number of nitrogens with two attached hydrogens (primary N) is 1. The Morgan fingerprint density at radius 3 is 2.90 bits per heavy atom. The second kappa shape index (κ2) is 5.24. The lowest BCUT2D eigenvalue weighted by Crippen LogP contribution is -2.16. The summed E-state index contributed by atoms with van der Waals surface area (Å²) in [5.41, 5.74) is 6.35. The van der Waals surface area contributed by atoms with Crippen molar-refractivity contribution in [1.29, 1.82) is 0 Å². The zero-order valence-electron chi connectivity index (χ0n) is 11.0. The molecular formula is C12H13N5O3S. The van der Waals surface area contributed by atoms with Gasteiger partial charge in [0.05, 0.1) is 4.92 Å². The molecule has 0 aliphatic heterocycles. The van der Waals surface area contributed by atoms with Crippen molar-refractivity contribution in [3.05, 3.63) is 44.4 Å². The minimum atomic E-state index is -0.509. The van der Waals surface area contributed by atoms with Crippen LogP contribution in [0.15, 0.2) is 28.2 Å². The van der Waals surface area contributed by atoms with Crippen molar-refractivity contribution in [2.24, 2.45) is 0 Å². The van der Waals surface area contributed by atoms with Crippen LogP contribution >= 0.6 is 11.8 Å². The normalized spacial score (nSPS) is 14.3. The van der Waals surface area contributed by atoms with Gasteiger partial charge in [-0.15, -0.1) is 5.10 Å². The summed E-state index contributed by atoms with van der Waals surface area (Å²) in [6, 6.07) is 4.88. The number of nitro groups is 1. The predicted octanol–water partition coefficient (Wildman–Crippen LogP) is 1.69. The largest absolute Gasteiger partial charge is 0.393 e. The quantitative estimate of drug-likeness (QED) is 0.375. The fourth-order valence-electron chi connectivity index (χ4n) is 2.05. The highest BCUT2D eigenvalue weighted by Crippen LogP contribution is 2.36. The molecule has 8 nitrogen and oxygen atoms in total. The molecule has 3 rings (SSSR count). The van der Waals surface area contributed by atoms with Gasteiger partial charge in [0.25, 0.3) is 5.69 Å². The van der Waals surface area contributed by atoms with Crippen LogP contribution in [0.4, 0.5) is 11.4 Å². The summed E-state index contributed by atoms with van der Waals surface area (Å²) < 4.78 is 1.67. The number of hydrogen-bond acceptors (Lipinski definition) is 6. The van der Waals surface area contributed by atoms with Crippen LogP contribution in [0, 0.1) is 10.1 Å². The van der Waals surface area contributed by atoms with Crippen LogP contribution in [-0.4, -0.2) is 19.7 Å². The molecule has 1 aromatic heterocycles. The number of rotatable bonds is 5. The highest BCUT2D eigenvalue weighted by atomic mass is 32.2. The van der Waals surface area contributed by atoms with Gasteiger partial charge in [0, 0.05) is 17.9 Å². The molecule has 9 heteroatoms. The summed E-state index contributed by atoms with van der Waals surface area (Å²) in [7, 11) is 0. The van der Waals surface area contributed by atoms with E-state index in [2.05, 4.69) is 10.2 Å². The summed E-state index contributed by atoms with van der Waals surface area (Å²) >= 11 is 1.41. The number of benzene rings is 1. The Balaban J connectivity index is 1.75. The first-order valence-electron chi connectivity index (χ1n) is 6.39. The molecule has 0 atom stereocenters. The molecular weight excluding hydrogens is 294 g/mol. The van der Waals surface area contributed by atoms with Crippen LogP contribution in [0.3, 0.4) is 0 Å². The maximum absolute atomic E-state index is 11.6. The Morgan fingerprint density at radius 1 is 1.52 bits per heavy atom. The van der Waals surface area contributed by atoms with Gasteiger partial charge in [0.15, 0.2) is 5.16 Å². The Hall–Kier alpha value is -2.29. The number of nitrogens with zero attached hydrogens (tertiary/aromatic N) is 3. The number of anilines is 1. The van der Waals surface area contributed by atoms with Gasteiger partial charge in [-0.3, -0.25) is 14.7 Å². The van der Waals surface area contributed by atoms with E-state index in [-0.39, 0.29) is 23.1 Å². The minimum Gasteiger partial charge on any atom is -0.393 e. The molecule has 1 heterocycles. The standard InChI is InChI=1S/C12H13N5O3S/c13-9-5-7(1-4-10(9)17(19)20)6-21-12-15-14-11(18)16(12)8-2-3-8/h1,4-5,8H,2-3,6,13H2,(H,14,18). The number of nitrogen functional groups attached to an aromatic ring is 1. The second-order valence-corrected chi connectivity index (χ2v) is 5.79. The van der Waals surface area contributed by atoms with Crippen molar-refractivity contribution in [2.45, 2.75) is 29.8 Å². The third-order valence-electron chi connectivity index (χ3n) is 3.24. The number of nitrogens with one attached hydrogen (secondary N) is 1. The number of thioether (sulfide) groups is 1. The summed E-state index contributed by atoms with van der Waals surface area (Å²) in [6.07, 6.45) is 1.99. The molecule has 0 unspecified atom stereocenters. The topological polar surface area (TPSA) is 120 Å². The Bertz CT molecular complexity index is 750. The molecule has 0 saturated heterocycles. The van der Waals surface area contributed by atoms with Crippen molar-refractivity contribution in [2.75, 3.05) is 5.73 Å². The lowest BCUT2D eigenvalue weighted by Gasteiger charge is -2.04. The number of aromatic amines is 1. The van der Waals surface area contributed by atoms with Crippen LogP contribution in [-0.2, 0) is 5.75 Å². The van der Waals surface area contributed by atoms with E-state index in [1.807, 2.05) is 0 Å². The molecule has 0 bridgehead atoms. The van der Waals surface area contributed by atoms with Crippen LogP contribution in [0.5, 0.6) is 0 Å². The van der Waals surface area contributed by atoms with Gasteiger partial charge >= 0.3 is 5.69 Å². The van der Waals surface area contributed by atoms with E-state index in [1.165, 1.54) is 17.8 Å². The van der Waals surface area contributed by atoms with Gasteiger partial charge in [-0.2, -0.15) is 0 Å². The summed E-state index contributed by atoms with van der Waals surface area (Å²) in [5, 5.41) is 17.8. The van der Waals surface area contributed by atoms with Crippen LogP contribution in [0.2, 0.25) is 0 Å². The van der Waals surface area contributed by atoms with Gasteiger partial charge in [-0.05, 0) is 24.5 Å². The average Bonchev–Trinajstić information content (AvgIpc) is 3.20. The Kier molecular flexibility index (Phi) is 3.42. The fraction of sp³-hybridized carbons (Fsp3) is 0.333. The molecule has 0 amide bonds. The lowest BCUT2D eigenvalue weighted by atomic mass is 10.2. The van der Waals surface area contributed by atoms with Crippen LogP contribution in [0.1, 0.15) is 24.4 Å². The Morgan fingerprint density at radius 2 is 2.29 bits per heavy atom. The van der Waals surface area contributed by atoms with Crippen LogP contribution < -0.4 is 11.4 Å². The summed E-state index contributed by atoms with van der Waals surface area (Å²) in [4.78, 5) is 21.8. The van der Waals surface area contributed by atoms with E-state index in [0.29, 0.717) is 10.9 Å². The van der Waals surface area contributed by atoms with E-state index < -0.39 is 4.92 Å². The van der Waals surface area contributed by atoms with Crippen LogP contribution in [0.25, 0.3) is 0 Å². The number of H-pyrrole nitrogens is 1. The van der Waals surface area contributed by atoms with E-state index in [4.69, 9.17) is 5.73 Å². The first-order valence-corrected chi connectivity index (χ1v) is 7.37. The first-order chi connectivity index (χ1) is 10.1. The van der Waals surface area contributed by atoms with Crippen molar-refractivity contribution in [3.63, 3.8) is 0 Å². The predicted molar refractivity (Wildman–Crippen MR) is 78.2 cm³/mol. The molecule has 0 radical (unpaired) electrons. The van der Waals surface area contributed by atoms with Gasteiger partial charge in [-0.1, -0.05) is 17.8 Å². The molecule has 2 aromatic rings. The van der Waals surface area contributed by atoms with Gasteiger partial charge in [0.2, 0.25) is 0 Å². The molecule has 1 saturated carbocycles. The van der Waals surface area contributed by atoms with Crippen molar-refractivity contribution in [1.82, 2.24) is 14.8 Å². The van der Waals surface area contributed by atoms with Gasteiger partial charge in [0.1, 0.15) is 5.69 Å². The maximum Gasteiger partial charge on any atom is 0.344 e. The third kappa shape index (κ3) is 2.77. The minimum absolute atomic E-state index is 0.0987. The van der Waals surface area contributed by atoms with Gasteiger partial charge in [-0.25, -0.2) is 9.89 Å². The zero-order valence-corrected chi connectivity index (χ0v) is 11.8. The smallest absolute Gasteiger partial charge is 0.344 e. The second-order valence-electron chi connectivity index (χ2n) is 4.85. The molecule has 1 aliphatic carbocycles. The molecule has 0 spiro atoms. The molecule has 1 aliphatic rings. The molecule has 1 aromatic carbocycles. The monoisotopic (exact) mass is 307 g/mol. The highest BCUT2D eigenvalue weighted by Gasteiger charge is 2.28. The van der Waals surface area contributed by atoms with E-state index in [9.17, 15) is 14.9 Å². The van der Waals surface area contributed by atoms with Crippen molar-refractivity contribution in [3.8, 4) is 0 Å². The van der Waals surface area contributed by atoms with Gasteiger partial charge < -0.3 is 5.73 Å². The first kappa shape index (κ1) is 13.7. The molecule has 3 N–H and O–H groups in total. The Labute approximate surface area is 123 Å². The van der Waals surface area contributed by atoms with E-state index in [1.54, 1.807) is 16.7 Å². The van der Waals surface area contributed by atoms with E-state index in [0.717, 1.165) is 18.4 Å². The van der Waals surface area contributed by atoms with Crippen molar-refractivity contribution >= 4 is 23.1 Å². The zero-order chi connectivity index (χ0) is 15.0. The lowest BCUT2D eigenvalue weighted by molar-refractivity contribution is -0.383. The maximum atomic E-state index is 11.6. The number of hydrogen-bond donors (Lipinski definition) is 2. The number of aromatic nitrogens is 3. The molecule has 21 heavy (non-hydrogen) atoms. The summed E-state index contributed by atoms with van der Waals surface area (Å²) in [5.74, 6) is 0.541. The van der Waals surface area contributed by atoms with Crippen molar-refractivity contribution < 1.29 is 4.92 Å². The molecule has 110 valence electrons. The van der Waals surface area contributed by atoms with E-state index >= 15 is 0 Å². The number of nitro benzene ring substituents is 1. The highest BCUT2D eigenvalue weighted by molar-refractivity contribution is 7.98. The third-order valence-corrected chi connectivity index (χ3v) is 4.26. The SMILES string of the molecule is Nc1cc(CSc2n[nH]c(=O)n2C2CC2)ccc1[N+](=O)[O-]. The molecule has 1 fully saturated rings. The average molecular weight is 307 g/mol.